The number of amidine groups is 1. The Hall–Kier alpha value is -2.71. The number of hydrogen-bond acceptors (Lipinski definition) is 4. The summed E-state index contributed by atoms with van der Waals surface area (Å²) in [7, 11) is 0.625. The molecule has 28 heavy (non-hydrogen) atoms. The number of rotatable bonds is 7. The molecule has 0 saturated carbocycles. The maximum Gasteiger partial charge on any atom is 0.263 e. The van der Waals surface area contributed by atoms with E-state index in [-0.39, 0.29) is 23.8 Å². The molecule has 0 aromatic heterocycles. The molecule has 0 bridgehead atoms. The molecule has 0 radical (unpaired) electrons. The summed E-state index contributed by atoms with van der Waals surface area (Å²) in [6.07, 6.45) is 0.189. The van der Waals surface area contributed by atoms with Crippen LogP contribution < -0.4 is 14.9 Å². The van der Waals surface area contributed by atoms with Crippen LogP contribution in [-0.2, 0) is 27.9 Å². The predicted molar refractivity (Wildman–Crippen MR) is 108 cm³/mol. The van der Waals surface area contributed by atoms with Gasteiger partial charge in [0.2, 0.25) is 5.91 Å². The molecule has 148 valence electrons. The number of aliphatic imine (C=N–C) groups is 1. The second-order valence-electron chi connectivity index (χ2n) is 7.01. The third-order valence-corrected chi connectivity index (χ3v) is 5.81. The van der Waals surface area contributed by atoms with Gasteiger partial charge in [-0.2, -0.15) is 0 Å². The summed E-state index contributed by atoms with van der Waals surface area (Å²) in [4.78, 5) is 18.0. The van der Waals surface area contributed by atoms with E-state index in [9.17, 15) is 13.2 Å². The zero-order valence-electron chi connectivity index (χ0n) is 16.0. The van der Waals surface area contributed by atoms with Gasteiger partial charge in [0.05, 0.1) is 25.5 Å². The molecule has 1 aliphatic rings. The first-order chi connectivity index (χ1) is 13.4. The topological polar surface area (TPSA) is 92.1 Å². The normalized spacial score (nSPS) is 16.0. The highest BCUT2D eigenvalue weighted by atomic mass is 32.2. The molecule has 8 heteroatoms. The van der Waals surface area contributed by atoms with Gasteiger partial charge in [0.1, 0.15) is 12.4 Å². The number of nitrogens with one attached hydrogen (secondary N) is 3. The molecule has 1 amide bonds. The Morgan fingerprint density at radius 3 is 2.50 bits per heavy atom. The lowest BCUT2D eigenvalue weighted by Crippen LogP contribution is -3.04. The van der Waals surface area contributed by atoms with E-state index >= 15 is 0 Å². The number of hydrogen-bond donors (Lipinski definition) is 3. The fourth-order valence-corrected chi connectivity index (χ4v) is 4.34. The van der Waals surface area contributed by atoms with Crippen molar-refractivity contribution in [3.05, 3.63) is 65.2 Å². The Morgan fingerprint density at radius 1 is 1.07 bits per heavy atom. The number of quaternary nitrogens is 1. The van der Waals surface area contributed by atoms with Crippen molar-refractivity contribution in [2.75, 3.05) is 20.6 Å². The average molecular weight is 402 g/mol. The highest BCUT2D eigenvalue weighted by Crippen LogP contribution is 2.22. The summed E-state index contributed by atoms with van der Waals surface area (Å²) in [6, 6.07) is 14.7. The van der Waals surface area contributed by atoms with E-state index in [1.54, 1.807) is 24.3 Å². The summed E-state index contributed by atoms with van der Waals surface area (Å²) < 4.78 is 26.6. The second-order valence-corrected chi connectivity index (χ2v) is 8.66. The minimum atomic E-state index is -3.55. The van der Waals surface area contributed by atoms with Crippen molar-refractivity contribution in [1.82, 2.24) is 10.0 Å². The Balaban J connectivity index is 1.56. The van der Waals surface area contributed by atoms with E-state index in [2.05, 4.69) is 35.2 Å². The highest BCUT2D eigenvalue weighted by Gasteiger charge is 2.29. The number of fused-ring (bicyclic) bond motifs is 1. The summed E-state index contributed by atoms with van der Waals surface area (Å²) in [5.74, 6) is 0.174. The number of sulfonamides is 1. The van der Waals surface area contributed by atoms with Crippen LogP contribution in [-0.4, -0.2) is 40.8 Å². The van der Waals surface area contributed by atoms with Crippen molar-refractivity contribution in [3.8, 4) is 0 Å². The molecule has 2 aromatic rings. The van der Waals surface area contributed by atoms with Gasteiger partial charge in [-0.25, -0.2) is 8.42 Å². The van der Waals surface area contributed by atoms with Crippen molar-refractivity contribution in [2.24, 2.45) is 4.99 Å². The van der Waals surface area contributed by atoms with Crippen molar-refractivity contribution in [1.29, 1.82) is 0 Å². The Bertz CT molecular complexity index is 1000. The predicted octanol–water partition coefficient (Wildman–Crippen LogP) is 0.0761. The maximum atomic E-state index is 12.2. The molecule has 0 fully saturated rings. The van der Waals surface area contributed by atoms with E-state index in [1.807, 2.05) is 18.2 Å². The van der Waals surface area contributed by atoms with Crippen LogP contribution in [0.1, 0.15) is 23.1 Å². The zero-order valence-corrected chi connectivity index (χ0v) is 16.8. The van der Waals surface area contributed by atoms with Gasteiger partial charge >= 0.3 is 0 Å². The van der Waals surface area contributed by atoms with Gasteiger partial charge < -0.3 is 10.2 Å². The van der Waals surface area contributed by atoms with Crippen LogP contribution in [0.3, 0.4) is 0 Å². The average Bonchev–Trinajstić information content (AvgIpc) is 2.91. The van der Waals surface area contributed by atoms with Crippen LogP contribution in [0.15, 0.2) is 58.4 Å². The number of amides is 1. The van der Waals surface area contributed by atoms with Crippen LogP contribution in [0, 0.1) is 0 Å². The minimum absolute atomic E-state index is 0.120. The smallest absolute Gasteiger partial charge is 0.263 e. The minimum Gasteiger partial charge on any atom is -0.352 e. The lowest BCUT2D eigenvalue weighted by molar-refractivity contribution is -0.872. The van der Waals surface area contributed by atoms with Crippen molar-refractivity contribution in [3.63, 3.8) is 0 Å². The van der Waals surface area contributed by atoms with Crippen molar-refractivity contribution >= 4 is 21.8 Å². The summed E-state index contributed by atoms with van der Waals surface area (Å²) in [6.45, 7) is 1.56. The monoisotopic (exact) mass is 401 g/mol. The van der Waals surface area contributed by atoms with Gasteiger partial charge in [0, 0.05) is 24.1 Å². The number of carbonyl (C=O) groups is 1. The first-order valence-corrected chi connectivity index (χ1v) is 10.6. The SMILES string of the molecule is C[NH+](C)Cc1ccccc1CNC(=O)CCN=C1NS(=O)(=O)c2ccccc21. The number of benzene rings is 2. The molecule has 0 spiro atoms. The summed E-state index contributed by atoms with van der Waals surface area (Å²) >= 11 is 0. The zero-order chi connectivity index (χ0) is 20.1. The first kappa shape index (κ1) is 20.0. The molecule has 3 rings (SSSR count). The van der Waals surface area contributed by atoms with Crippen LogP contribution in [0.25, 0.3) is 0 Å². The van der Waals surface area contributed by atoms with Crippen LogP contribution in [0.2, 0.25) is 0 Å². The van der Waals surface area contributed by atoms with Gasteiger partial charge in [-0.3, -0.25) is 14.5 Å². The van der Waals surface area contributed by atoms with Crippen molar-refractivity contribution in [2.45, 2.75) is 24.4 Å². The molecule has 7 nitrogen and oxygen atoms in total. The Morgan fingerprint density at radius 2 is 1.75 bits per heavy atom. The fraction of sp³-hybridized carbons (Fsp3) is 0.300. The molecule has 0 atom stereocenters. The molecule has 0 unspecified atom stereocenters. The van der Waals surface area contributed by atoms with E-state index in [4.69, 9.17) is 0 Å². The maximum absolute atomic E-state index is 12.2. The van der Waals surface area contributed by atoms with Crippen LogP contribution in [0.5, 0.6) is 0 Å². The van der Waals surface area contributed by atoms with E-state index in [0.717, 1.165) is 12.1 Å². The fourth-order valence-electron chi connectivity index (χ4n) is 3.09. The quantitative estimate of drug-likeness (QED) is 0.613. The highest BCUT2D eigenvalue weighted by molar-refractivity contribution is 7.90. The number of carbonyl (C=O) groups excluding carboxylic acids is 1. The summed E-state index contributed by atoms with van der Waals surface area (Å²) in [5.41, 5.74) is 2.85. The lowest BCUT2D eigenvalue weighted by atomic mass is 10.1. The van der Waals surface area contributed by atoms with Crippen LogP contribution >= 0.6 is 0 Å². The van der Waals surface area contributed by atoms with Gasteiger partial charge in [-0.15, -0.1) is 0 Å². The molecule has 0 aliphatic carbocycles. The lowest BCUT2D eigenvalue weighted by Gasteiger charge is -2.12. The largest absolute Gasteiger partial charge is 0.352 e. The molecular weight excluding hydrogens is 376 g/mol. The Labute approximate surface area is 165 Å². The number of nitrogens with zero attached hydrogens (tertiary/aromatic N) is 1. The Kier molecular flexibility index (Phi) is 6.11. The van der Waals surface area contributed by atoms with Crippen molar-refractivity contribution < 1.29 is 18.1 Å². The first-order valence-electron chi connectivity index (χ1n) is 9.16. The molecule has 1 aliphatic heterocycles. The molecular formula is C20H25N4O3S+. The third-order valence-electron chi connectivity index (χ3n) is 4.41. The van der Waals surface area contributed by atoms with Gasteiger partial charge in [0.25, 0.3) is 10.0 Å². The second kappa shape index (κ2) is 8.53. The standard InChI is InChI=1S/C20H24N4O3S/c1-24(2)14-16-8-4-3-7-15(16)13-22-19(25)11-12-21-20-17-9-5-6-10-18(17)28(26,27)23-20/h3-10H,11-14H2,1-2H3,(H,21,23)(H,22,25)/p+1. The van der Waals surface area contributed by atoms with Gasteiger partial charge in [-0.1, -0.05) is 36.4 Å². The van der Waals surface area contributed by atoms with Gasteiger partial charge in [0.15, 0.2) is 0 Å². The van der Waals surface area contributed by atoms with E-state index in [1.165, 1.54) is 10.5 Å². The van der Waals surface area contributed by atoms with E-state index in [0.29, 0.717) is 17.9 Å². The molecule has 0 saturated heterocycles. The summed E-state index contributed by atoms with van der Waals surface area (Å²) in [5, 5.41) is 2.92. The molecule has 3 N–H and O–H groups in total. The van der Waals surface area contributed by atoms with Crippen LogP contribution in [0.4, 0.5) is 0 Å². The molecule has 1 heterocycles. The van der Waals surface area contributed by atoms with E-state index < -0.39 is 10.0 Å². The molecule has 2 aromatic carbocycles. The van der Waals surface area contributed by atoms with Gasteiger partial charge in [-0.05, 0) is 17.7 Å². The third kappa shape index (κ3) is 4.76.